The van der Waals surface area contributed by atoms with Gasteiger partial charge in [0.05, 0.1) is 6.54 Å². The van der Waals surface area contributed by atoms with Crippen molar-refractivity contribution >= 4 is 17.6 Å². The zero-order chi connectivity index (χ0) is 7.11. The molecule has 0 aliphatic heterocycles. The number of hydrogen-bond acceptors (Lipinski definition) is 2. The van der Waals surface area contributed by atoms with Crippen LogP contribution in [0.5, 0.6) is 0 Å². The van der Waals surface area contributed by atoms with Gasteiger partial charge in [-0.15, -0.1) is 0 Å². The second kappa shape index (κ2) is 5.37. The third-order valence-electron chi connectivity index (χ3n) is 0.670. The van der Waals surface area contributed by atoms with E-state index in [-0.39, 0.29) is 5.91 Å². The molecule has 0 rings (SSSR count). The molecule has 0 aliphatic carbocycles. The number of hydrogen-bond donors (Lipinski definition) is 1. The summed E-state index contributed by atoms with van der Waals surface area (Å²) in [4.78, 5) is 10.3. The zero-order valence-corrected chi connectivity index (χ0v) is 5.74. The summed E-state index contributed by atoms with van der Waals surface area (Å²) in [5, 5.41) is 2.46. The third-order valence-corrected chi connectivity index (χ3v) is 1.04. The minimum absolute atomic E-state index is 0.232. The molecule has 0 unspecified atom stereocenters. The Balaban J connectivity index is 3.16. The quantitative estimate of drug-likeness (QED) is 0.337. The molecule has 1 N–H and O–H groups in total. The standard InChI is InChI=1S/C5H7NO2S/c1-2-5(7)6-3-4-9-8/h2H,1,3-4H2/p+1. The summed E-state index contributed by atoms with van der Waals surface area (Å²) in [5.74, 6) is 0.170. The molecule has 3 nitrogen and oxygen atoms in total. The molecule has 0 radical (unpaired) electrons. The summed E-state index contributed by atoms with van der Waals surface area (Å²) >= 11 is 0.455. The van der Waals surface area contributed by atoms with Gasteiger partial charge < -0.3 is 5.32 Å². The molecule has 0 heterocycles. The van der Waals surface area contributed by atoms with E-state index in [1.165, 1.54) is 6.08 Å². The van der Waals surface area contributed by atoms with Crippen LogP contribution in [-0.4, -0.2) is 18.2 Å². The molecule has 4 heteroatoms. The van der Waals surface area contributed by atoms with E-state index in [0.717, 1.165) is 0 Å². The molecule has 0 fully saturated rings. The molecule has 0 aromatic carbocycles. The maximum atomic E-state index is 10.3. The van der Waals surface area contributed by atoms with Crippen LogP contribution in [0.3, 0.4) is 0 Å². The van der Waals surface area contributed by atoms with E-state index in [9.17, 15) is 9.00 Å². The highest BCUT2D eigenvalue weighted by Crippen LogP contribution is 1.65. The van der Waals surface area contributed by atoms with Crippen LogP contribution in [0.15, 0.2) is 12.7 Å². The third kappa shape index (κ3) is 5.10. The number of nitrogens with one attached hydrogen (secondary N) is 1. The van der Waals surface area contributed by atoms with E-state index in [0.29, 0.717) is 24.0 Å². The normalized spacial score (nSPS) is 8.00. The lowest BCUT2D eigenvalue weighted by molar-refractivity contribution is -0.116. The van der Waals surface area contributed by atoms with Crippen LogP contribution in [0, 0.1) is 0 Å². The number of carbonyl (C=O) groups excluding carboxylic acids is 1. The molecule has 0 bridgehead atoms. The van der Waals surface area contributed by atoms with Gasteiger partial charge in [0.1, 0.15) is 0 Å². The van der Waals surface area contributed by atoms with Gasteiger partial charge in [-0.3, -0.25) is 4.79 Å². The van der Waals surface area contributed by atoms with Gasteiger partial charge in [0, 0.05) is 4.21 Å². The van der Waals surface area contributed by atoms with Crippen molar-refractivity contribution in [2.75, 3.05) is 12.3 Å². The lowest BCUT2D eigenvalue weighted by atomic mass is 10.6. The Hall–Kier alpha value is -0.770. The van der Waals surface area contributed by atoms with E-state index in [2.05, 4.69) is 11.9 Å². The van der Waals surface area contributed by atoms with Crippen molar-refractivity contribution in [1.82, 2.24) is 5.32 Å². The summed E-state index contributed by atoms with van der Waals surface area (Å²) in [5.41, 5.74) is 0. The van der Waals surface area contributed by atoms with E-state index in [1.54, 1.807) is 0 Å². The van der Waals surface area contributed by atoms with Crippen molar-refractivity contribution in [3.05, 3.63) is 12.7 Å². The van der Waals surface area contributed by atoms with Crippen molar-refractivity contribution in [1.29, 1.82) is 0 Å². The first-order valence-corrected chi connectivity index (χ1v) is 3.37. The number of rotatable bonds is 4. The molecular weight excluding hydrogens is 138 g/mol. The van der Waals surface area contributed by atoms with Crippen LogP contribution in [0.1, 0.15) is 0 Å². The van der Waals surface area contributed by atoms with Crippen molar-refractivity contribution in [2.24, 2.45) is 0 Å². The monoisotopic (exact) mass is 146 g/mol. The first kappa shape index (κ1) is 8.23. The minimum Gasteiger partial charge on any atom is -0.347 e. The fraction of sp³-hybridized carbons (Fsp3) is 0.400. The summed E-state index contributed by atoms with van der Waals surface area (Å²) in [6.45, 7) is 3.66. The van der Waals surface area contributed by atoms with Crippen LogP contribution in [0.2, 0.25) is 0 Å². The molecule has 0 atom stereocenters. The molecule has 0 aromatic rings. The Morgan fingerprint density at radius 1 is 1.78 bits per heavy atom. The summed E-state index contributed by atoms with van der Waals surface area (Å²) in [6, 6.07) is 0. The molecule has 0 saturated heterocycles. The largest absolute Gasteiger partial charge is 0.460 e. The smallest absolute Gasteiger partial charge is 0.347 e. The van der Waals surface area contributed by atoms with Gasteiger partial charge in [-0.25, -0.2) is 0 Å². The molecule has 0 spiro atoms. The Morgan fingerprint density at radius 2 is 2.44 bits per heavy atom. The van der Waals surface area contributed by atoms with Gasteiger partial charge in [0.15, 0.2) is 0 Å². The predicted molar refractivity (Wildman–Crippen MR) is 36.1 cm³/mol. The number of amides is 1. The lowest BCUT2D eigenvalue weighted by Gasteiger charge is -1.90. The zero-order valence-electron chi connectivity index (χ0n) is 4.92. The van der Waals surface area contributed by atoms with Crippen LogP contribution < -0.4 is 5.32 Å². The van der Waals surface area contributed by atoms with Gasteiger partial charge in [0.2, 0.25) is 11.7 Å². The molecule has 0 aliphatic rings. The second-order valence-electron chi connectivity index (χ2n) is 1.32. The lowest BCUT2D eigenvalue weighted by Crippen LogP contribution is -2.23. The Morgan fingerprint density at radius 3 is 2.89 bits per heavy atom. The van der Waals surface area contributed by atoms with Crippen LogP contribution >= 0.6 is 0 Å². The SMILES string of the molecule is C=CC(=O)NCC[S+]=O. The molecule has 0 saturated carbocycles. The van der Waals surface area contributed by atoms with Crippen LogP contribution in [0.4, 0.5) is 0 Å². The van der Waals surface area contributed by atoms with Crippen molar-refractivity contribution < 1.29 is 9.00 Å². The van der Waals surface area contributed by atoms with E-state index >= 15 is 0 Å². The summed E-state index contributed by atoms with van der Waals surface area (Å²) in [6.07, 6.45) is 1.18. The first-order valence-electron chi connectivity index (χ1n) is 2.46. The van der Waals surface area contributed by atoms with E-state index in [1.807, 2.05) is 0 Å². The average Bonchev–Trinajstić information content (AvgIpc) is 1.89. The Kier molecular flexibility index (Phi) is 4.91. The molecule has 1 amide bonds. The molecule has 50 valence electrons. The Labute approximate surface area is 57.6 Å². The molecular formula is C5H8NO2S+. The highest BCUT2D eigenvalue weighted by molar-refractivity contribution is 7.65. The fourth-order valence-corrected chi connectivity index (χ4v) is 0.473. The number of carbonyl (C=O) groups is 1. The maximum absolute atomic E-state index is 10.3. The average molecular weight is 146 g/mol. The molecule has 0 aromatic heterocycles. The fourth-order valence-electron chi connectivity index (χ4n) is 0.288. The van der Waals surface area contributed by atoms with Gasteiger partial charge >= 0.3 is 11.7 Å². The van der Waals surface area contributed by atoms with E-state index < -0.39 is 0 Å². The van der Waals surface area contributed by atoms with Crippen molar-refractivity contribution in [3.8, 4) is 0 Å². The van der Waals surface area contributed by atoms with Crippen molar-refractivity contribution in [2.45, 2.75) is 0 Å². The Bertz CT molecular complexity index is 124. The van der Waals surface area contributed by atoms with Gasteiger partial charge in [0.25, 0.3) is 0 Å². The highest BCUT2D eigenvalue weighted by Gasteiger charge is 1.97. The maximum Gasteiger partial charge on any atom is 0.460 e. The molecule has 9 heavy (non-hydrogen) atoms. The first-order chi connectivity index (χ1) is 4.31. The van der Waals surface area contributed by atoms with Crippen molar-refractivity contribution in [3.63, 3.8) is 0 Å². The van der Waals surface area contributed by atoms with E-state index in [4.69, 9.17) is 0 Å². The van der Waals surface area contributed by atoms with Gasteiger partial charge in [-0.1, -0.05) is 6.58 Å². The van der Waals surface area contributed by atoms with Gasteiger partial charge in [-0.2, -0.15) is 0 Å². The predicted octanol–water partition coefficient (Wildman–Crippen LogP) is -0.283. The summed E-state index contributed by atoms with van der Waals surface area (Å²) < 4.78 is 9.74. The topological polar surface area (TPSA) is 46.2 Å². The van der Waals surface area contributed by atoms with Gasteiger partial charge in [-0.05, 0) is 6.08 Å². The minimum atomic E-state index is -0.232. The second-order valence-corrected chi connectivity index (χ2v) is 1.96. The van der Waals surface area contributed by atoms with Crippen LogP contribution in [-0.2, 0) is 20.7 Å². The van der Waals surface area contributed by atoms with Crippen LogP contribution in [0.25, 0.3) is 0 Å². The summed E-state index contributed by atoms with van der Waals surface area (Å²) in [7, 11) is 0. The highest BCUT2D eigenvalue weighted by atomic mass is 32.1.